The Bertz CT molecular complexity index is 660. The molecular weight excluding hydrogens is 258 g/mol. The first-order valence-corrected chi connectivity index (χ1v) is 6.56. The molecule has 6 nitrogen and oxygen atoms in total. The van der Waals surface area contributed by atoms with Gasteiger partial charge in [0.05, 0.1) is 12.0 Å². The highest BCUT2D eigenvalue weighted by molar-refractivity contribution is 6.04. The van der Waals surface area contributed by atoms with Crippen LogP contribution >= 0.6 is 0 Å². The Morgan fingerprint density at radius 3 is 2.65 bits per heavy atom. The smallest absolute Gasteiger partial charge is 0.275 e. The van der Waals surface area contributed by atoms with E-state index in [1.807, 2.05) is 6.92 Å². The second-order valence-corrected chi connectivity index (χ2v) is 4.46. The quantitative estimate of drug-likeness (QED) is 0.843. The van der Waals surface area contributed by atoms with Crippen LogP contribution in [0.25, 0.3) is 10.8 Å². The van der Waals surface area contributed by atoms with Crippen LogP contribution in [0.4, 0.5) is 0 Å². The Balaban J connectivity index is 2.49. The lowest BCUT2D eigenvalue weighted by molar-refractivity contribution is 0.0717. The first-order valence-electron chi connectivity index (χ1n) is 6.56. The summed E-state index contributed by atoms with van der Waals surface area (Å²) in [5.41, 5.74) is -0.108. The van der Waals surface area contributed by atoms with E-state index < -0.39 is 0 Å². The summed E-state index contributed by atoms with van der Waals surface area (Å²) in [6, 6.07) is 6.86. The van der Waals surface area contributed by atoms with Crippen molar-refractivity contribution in [3.8, 4) is 0 Å². The zero-order valence-corrected chi connectivity index (χ0v) is 11.3. The molecule has 106 valence electrons. The summed E-state index contributed by atoms with van der Waals surface area (Å²) in [6.45, 7) is 2.64. The topological polar surface area (TPSA) is 86.3 Å². The lowest BCUT2D eigenvalue weighted by Gasteiger charge is -2.20. The standard InChI is InChI=1S/C14H17N3O3/c1-2-7-17(8-9-18)14(20)12-10-5-3-4-6-11(10)13(19)16-15-12/h3-6,18H,2,7-9H2,1H3,(H,16,19). The van der Waals surface area contributed by atoms with Crippen molar-refractivity contribution in [1.29, 1.82) is 0 Å². The summed E-state index contributed by atoms with van der Waals surface area (Å²) in [7, 11) is 0. The van der Waals surface area contributed by atoms with Crippen LogP contribution in [0, 0.1) is 0 Å². The van der Waals surface area contributed by atoms with Crippen molar-refractivity contribution in [2.24, 2.45) is 0 Å². The van der Waals surface area contributed by atoms with Gasteiger partial charge in [0.25, 0.3) is 11.5 Å². The van der Waals surface area contributed by atoms with Gasteiger partial charge in [-0.2, -0.15) is 5.10 Å². The van der Waals surface area contributed by atoms with Crippen molar-refractivity contribution >= 4 is 16.7 Å². The summed E-state index contributed by atoms with van der Waals surface area (Å²) in [6.07, 6.45) is 0.785. The molecule has 0 saturated carbocycles. The molecule has 0 atom stereocenters. The second-order valence-electron chi connectivity index (χ2n) is 4.46. The molecular formula is C14H17N3O3. The van der Waals surface area contributed by atoms with E-state index in [-0.39, 0.29) is 30.3 Å². The first-order chi connectivity index (χ1) is 9.69. The largest absolute Gasteiger partial charge is 0.395 e. The predicted molar refractivity (Wildman–Crippen MR) is 75.6 cm³/mol. The number of aliphatic hydroxyl groups excluding tert-OH is 1. The number of fused-ring (bicyclic) bond motifs is 1. The molecule has 0 aliphatic heterocycles. The fourth-order valence-electron chi connectivity index (χ4n) is 2.13. The average Bonchev–Trinajstić information content (AvgIpc) is 2.47. The van der Waals surface area contributed by atoms with Crippen molar-refractivity contribution in [2.45, 2.75) is 13.3 Å². The Kier molecular flexibility index (Phi) is 4.47. The van der Waals surface area contributed by atoms with Crippen LogP contribution in [0.1, 0.15) is 23.8 Å². The third kappa shape index (κ3) is 2.70. The van der Waals surface area contributed by atoms with Gasteiger partial charge in [0.1, 0.15) is 0 Å². The highest BCUT2D eigenvalue weighted by atomic mass is 16.3. The SMILES string of the molecule is CCCN(CCO)C(=O)c1n[nH]c(=O)c2ccccc12. The molecule has 1 amide bonds. The molecule has 0 radical (unpaired) electrons. The molecule has 0 aliphatic rings. The lowest BCUT2D eigenvalue weighted by Crippen LogP contribution is -2.35. The Morgan fingerprint density at radius 1 is 1.30 bits per heavy atom. The summed E-state index contributed by atoms with van der Waals surface area (Å²) in [5, 5.41) is 16.2. The number of benzene rings is 1. The number of aromatic amines is 1. The first kappa shape index (κ1) is 14.2. The van der Waals surface area contributed by atoms with E-state index in [0.29, 0.717) is 17.3 Å². The average molecular weight is 275 g/mol. The number of hydrogen-bond donors (Lipinski definition) is 2. The van der Waals surface area contributed by atoms with Gasteiger partial charge in [-0.25, -0.2) is 5.10 Å². The van der Waals surface area contributed by atoms with Gasteiger partial charge >= 0.3 is 0 Å². The molecule has 2 N–H and O–H groups in total. The molecule has 0 spiro atoms. The minimum absolute atomic E-state index is 0.104. The van der Waals surface area contributed by atoms with E-state index >= 15 is 0 Å². The monoisotopic (exact) mass is 275 g/mol. The molecule has 0 saturated heterocycles. The van der Waals surface area contributed by atoms with Gasteiger partial charge in [0, 0.05) is 18.5 Å². The number of nitrogens with zero attached hydrogens (tertiary/aromatic N) is 2. The summed E-state index contributed by atoms with van der Waals surface area (Å²) in [4.78, 5) is 25.7. The molecule has 0 fully saturated rings. The van der Waals surface area contributed by atoms with E-state index in [2.05, 4.69) is 10.2 Å². The normalized spacial score (nSPS) is 10.7. The highest BCUT2D eigenvalue weighted by Gasteiger charge is 2.19. The van der Waals surface area contributed by atoms with E-state index in [9.17, 15) is 9.59 Å². The fraction of sp³-hybridized carbons (Fsp3) is 0.357. The van der Waals surface area contributed by atoms with Crippen molar-refractivity contribution in [2.75, 3.05) is 19.7 Å². The molecule has 2 rings (SSSR count). The van der Waals surface area contributed by atoms with E-state index in [0.717, 1.165) is 6.42 Å². The minimum Gasteiger partial charge on any atom is -0.395 e. The van der Waals surface area contributed by atoms with Gasteiger partial charge in [-0.3, -0.25) is 9.59 Å². The molecule has 1 aromatic heterocycles. The fourth-order valence-corrected chi connectivity index (χ4v) is 2.13. The number of rotatable bonds is 5. The molecule has 0 unspecified atom stereocenters. The number of aliphatic hydroxyl groups is 1. The number of hydrogen-bond acceptors (Lipinski definition) is 4. The molecule has 20 heavy (non-hydrogen) atoms. The third-order valence-corrected chi connectivity index (χ3v) is 3.05. The molecule has 6 heteroatoms. The lowest BCUT2D eigenvalue weighted by atomic mass is 10.1. The number of carbonyl (C=O) groups is 1. The van der Waals surface area contributed by atoms with E-state index in [1.165, 1.54) is 4.90 Å². The number of carbonyl (C=O) groups excluding carboxylic acids is 1. The molecule has 1 heterocycles. The van der Waals surface area contributed by atoms with Crippen molar-refractivity contribution in [3.05, 3.63) is 40.3 Å². The van der Waals surface area contributed by atoms with Gasteiger partial charge in [0.15, 0.2) is 5.69 Å². The maximum absolute atomic E-state index is 12.5. The third-order valence-electron chi connectivity index (χ3n) is 3.05. The van der Waals surface area contributed by atoms with Gasteiger partial charge < -0.3 is 10.0 Å². The predicted octanol–water partition coefficient (Wildman–Crippen LogP) is 0.768. The highest BCUT2D eigenvalue weighted by Crippen LogP contribution is 2.14. The maximum Gasteiger partial charge on any atom is 0.275 e. The second kappa shape index (κ2) is 6.29. The van der Waals surface area contributed by atoms with Crippen LogP contribution < -0.4 is 5.56 Å². The number of aromatic nitrogens is 2. The van der Waals surface area contributed by atoms with E-state index in [1.54, 1.807) is 24.3 Å². The Labute approximate surface area is 116 Å². The zero-order chi connectivity index (χ0) is 14.5. The number of H-pyrrole nitrogens is 1. The number of amides is 1. The van der Waals surface area contributed by atoms with Crippen molar-refractivity contribution in [1.82, 2.24) is 15.1 Å². The van der Waals surface area contributed by atoms with Gasteiger partial charge in [-0.1, -0.05) is 25.1 Å². The Hall–Kier alpha value is -2.21. The van der Waals surface area contributed by atoms with E-state index in [4.69, 9.17) is 5.11 Å². The molecule has 1 aromatic carbocycles. The zero-order valence-electron chi connectivity index (χ0n) is 11.3. The van der Waals surface area contributed by atoms with Crippen LogP contribution in [0.15, 0.2) is 29.1 Å². The van der Waals surface area contributed by atoms with Gasteiger partial charge in [-0.15, -0.1) is 0 Å². The van der Waals surface area contributed by atoms with Gasteiger partial charge in [0.2, 0.25) is 0 Å². The van der Waals surface area contributed by atoms with Crippen LogP contribution in [0.2, 0.25) is 0 Å². The molecule has 2 aromatic rings. The van der Waals surface area contributed by atoms with Gasteiger partial charge in [-0.05, 0) is 12.5 Å². The summed E-state index contributed by atoms with van der Waals surface area (Å²) >= 11 is 0. The summed E-state index contributed by atoms with van der Waals surface area (Å²) < 4.78 is 0. The maximum atomic E-state index is 12.5. The minimum atomic E-state index is -0.318. The van der Waals surface area contributed by atoms with Crippen molar-refractivity contribution < 1.29 is 9.90 Å². The van der Waals surface area contributed by atoms with Crippen LogP contribution in [0.3, 0.4) is 0 Å². The molecule has 0 bridgehead atoms. The molecule has 0 aliphatic carbocycles. The van der Waals surface area contributed by atoms with Crippen LogP contribution in [-0.2, 0) is 0 Å². The van der Waals surface area contributed by atoms with Crippen molar-refractivity contribution in [3.63, 3.8) is 0 Å². The van der Waals surface area contributed by atoms with Crippen LogP contribution in [-0.4, -0.2) is 45.8 Å². The summed E-state index contributed by atoms with van der Waals surface area (Å²) in [5.74, 6) is -0.284. The van der Waals surface area contributed by atoms with Crippen LogP contribution in [0.5, 0.6) is 0 Å². The Morgan fingerprint density at radius 2 is 2.00 bits per heavy atom. The number of nitrogens with one attached hydrogen (secondary N) is 1.